The highest BCUT2D eigenvalue weighted by Crippen LogP contribution is 2.21. The standard InChI is InChI=1S/C27H34N6O7S.C2H4O2/c28-27(29)33-10-3-4-17(15-33)14-30-25(36)22(13-24(35)32-11-9-23(34)21(16-32)26(37)38)31-41(39,40)20-8-7-18-5-1-2-6-19(18)12-20;1-2(3)4/h1-2,5-8,12,17,21-22,31H,3-4,9-11,13-16H2,(H3,28,29)(H,30,36)(H,37,38);1H3,(H,3,4)/t17-,21?,22+;/m0./s1. The zero-order valence-electron chi connectivity index (χ0n) is 24.8. The fourth-order valence-electron chi connectivity index (χ4n) is 5.18. The molecule has 4 rings (SSSR count). The summed E-state index contributed by atoms with van der Waals surface area (Å²) in [6.45, 7) is 2.00. The van der Waals surface area contributed by atoms with Gasteiger partial charge in [0.15, 0.2) is 11.7 Å². The number of aliphatic carboxylic acids is 2. The summed E-state index contributed by atoms with van der Waals surface area (Å²) in [6.07, 6.45) is 0.837. The van der Waals surface area contributed by atoms with Gasteiger partial charge in [-0.05, 0) is 41.7 Å². The third kappa shape index (κ3) is 9.97. The van der Waals surface area contributed by atoms with E-state index in [0.29, 0.717) is 18.5 Å². The highest BCUT2D eigenvalue weighted by atomic mass is 32.2. The zero-order chi connectivity index (χ0) is 33.3. The minimum atomic E-state index is -4.25. The van der Waals surface area contributed by atoms with Crippen LogP contribution in [-0.4, -0.2) is 103 Å². The van der Waals surface area contributed by atoms with Crippen LogP contribution in [0.3, 0.4) is 0 Å². The van der Waals surface area contributed by atoms with E-state index < -0.39 is 57.9 Å². The Morgan fingerprint density at radius 3 is 2.36 bits per heavy atom. The Morgan fingerprint density at radius 2 is 1.71 bits per heavy atom. The molecule has 16 heteroatoms. The van der Waals surface area contributed by atoms with Gasteiger partial charge < -0.3 is 31.1 Å². The molecule has 7 N–H and O–H groups in total. The summed E-state index contributed by atoms with van der Waals surface area (Å²) >= 11 is 0. The van der Waals surface area contributed by atoms with Gasteiger partial charge in [0.25, 0.3) is 5.97 Å². The van der Waals surface area contributed by atoms with Gasteiger partial charge in [0.2, 0.25) is 21.8 Å². The van der Waals surface area contributed by atoms with E-state index in [1.807, 2.05) is 12.1 Å². The maximum atomic E-state index is 13.4. The topological polar surface area (TPSA) is 240 Å². The van der Waals surface area contributed by atoms with Crippen molar-refractivity contribution < 1.29 is 42.6 Å². The molecule has 244 valence electrons. The molecule has 0 saturated carbocycles. The van der Waals surface area contributed by atoms with Crippen molar-refractivity contribution in [2.24, 2.45) is 17.6 Å². The van der Waals surface area contributed by atoms with Crippen molar-refractivity contribution in [3.05, 3.63) is 42.5 Å². The number of likely N-dealkylation sites (tertiary alicyclic amines) is 2. The number of Topliss-reactive ketones (excluding diaryl/α,β-unsaturated/α-hetero) is 1. The summed E-state index contributed by atoms with van der Waals surface area (Å²) in [5.41, 5.74) is 5.60. The Bertz CT molecular complexity index is 1560. The first-order chi connectivity index (χ1) is 21.2. The van der Waals surface area contributed by atoms with E-state index in [4.69, 9.17) is 21.0 Å². The number of nitrogens with one attached hydrogen (secondary N) is 3. The van der Waals surface area contributed by atoms with Crippen molar-refractivity contribution in [2.75, 3.05) is 32.7 Å². The molecule has 2 heterocycles. The van der Waals surface area contributed by atoms with E-state index in [9.17, 15) is 32.7 Å². The molecule has 2 amide bonds. The first kappa shape index (κ1) is 34.9. The Labute approximate surface area is 260 Å². The summed E-state index contributed by atoms with van der Waals surface area (Å²) in [7, 11) is -4.25. The summed E-state index contributed by atoms with van der Waals surface area (Å²) in [4.78, 5) is 61.7. The second-order valence-corrected chi connectivity index (χ2v) is 12.7. The number of guanidine groups is 1. The molecule has 2 aromatic carbocycles. The molecule has 2 saturated heterocycles. The van der Waals surface area contributed by atoms with E-state index in [0.717, 1.165) is 25.2 Å². The number of sulfonamides is 1. The zero-order valence-corrected chi connectivity index (χ0v) is 25.6. The van der Waals surface area contributed by atoms with Crippen LogP contribution in [0.15, 0.2) is 47.4 Å². The number of amides is 2. The monoisotopic (exact) mass is 646 g/mol. The number of fused-ring (bicyclic) bond motifs is 1. The molecule has 0 bridgehead atoms. The molecule has 2 aromatic rings. The third-order valence-electron chi connectivity index (χ3n) is 7.52. The van der Waals surface area contributed by atoms with Gasteiger partial charge in [-0.3, -0.25) is 29.4 Å². The SMILES string of the molecule is CC(=O)O.N=C(N)N1CCC[C@@H](CNC(=O)[C@@H](CC(=O)N2CCC(=O)C(C(=O)O)C2)NS(=O)(=O)c2ccc3ccccc3c2)C1. The van der Waals surface area contributed by atoms with Crippen LogP contribution in [0.2, 0.25) is 0 Å². The Morgan fingerprint density at radius 1 is 1.04 bits per heavy atom. The van der Waals surface area contributed by atoms with Crippen LogP contribution in [0.4, 0.5) is 0 Å². The molecule has 45 heavy (non-hydrogen) atoms. The van der Waals surface area contributed by atoms with Gasteiger partial charge in [-0.25, -0.2) is 8.42 Å². The molecule has 1 unspecified atom stereocenters. The number of carbonyl (C=O) groups excluding carboxylic acids is 3. The predicted molar refractivity (Wildman–Crippen MR) is 163 cm³/mol. The van der Waals surface area contributed by atoms with E-state index in [1.165, 1.54) is 17.0 Å². The molecule has 2 fully saturated rings. The number of nitrogens with zero attached hydrogens (tertiary/aromatic N) is 2. The minimum Gasteiger partial charge on any atom is -0.481 e. The lowest BCUT2D eigenvalue weighted by atomic mass is 9.96. The minimum absolute atomic E-state index is 0.0177. The van der Waals surface area contributed by atoms with E-state index in [2.05, 4.69) is 10.0 Å². The maximum Gasteiger partial charge on any atom is 0.315 e. The van der Waals surface area contributed by atoms with Gasteiger partial charge in [-0.2, -0.15) is 4.72 Å². The Kier molecular flexibility index (Phi) is 12.0. The smallest absolute Gasteiger partial charge is 0.315 e. The lowest BCUT2D eigenvalue weighted by Gasteiger charge is -2.33. The number of piperidine rings is 2. The van der Waals surface area contributed by atoms with Crippen LogP contribution in [0.25, 0.3) is 10.8 Å². The number of hydrogen-bond acceptors (Lipinski definition) is 8. The molecule has 2 aliphatic rings. The molecule has 0 aliphatic carbocycles. The molecule has 3 atom stereocenters. The maximum absolute atomic E-state index is 13.4. The van der Waals surface area contributed by atoms with Crippen molar-refractivity contribution in [3.63, 3.8) is 0 Å². The fourth-order valence-corrected chi connectivity index (χ4v) is 6.41. The van der Waals surface area contributed by atoms with E-state index >= 15 is 0 Å². The average Bonchev–Trinajstić information content (AvgIpc) is 2.99. The lowest BCUT2D eigenvalue weighted by molar-refractivity contribution is -0.151. The summed E-state index contributed by atoms with van der Waals surface area (Å²) in [5, 5.41) is 28.7. The molecule has 2 aliphatic heterocycles. The predicted octanol–water partition coefficient (Wildman–Crippen LogP) is 0.192. The lowest BCUT2D eigenvalue weighted by Crippen LogP contribution is -2.53. The van der Waals surface area contributed by atoms with Crippen LogP contribution in [-0.2, 0) is 34.0 Å². The first-order valence-electron chi connectivity index (χ1n) is 14.3. The van der Waals surface area contributed by atoms with Gasteiger partial charge in [-0.15, -0.1) is 0 Å². The molecule has 0 radical (unpaired) electrons. The fraction of sp³-hybridized carbons (Fsp3) is 0.448. The van der Waals surface area contributed by atoms with Gasteiger partial charge in [0.05, 0.1) is 11.3 Å². The van der Waals surface area contributed by atoms with Crippen LogP contribution in [0, 0.1) is 17.2 Å². The summed E-state index contributed by atoms with van der Waals surface area (Å²) < 4.78 is 29.1. The van der Waals surface area contributed by atoms with Gasteiger partial charge >= 0.3 is 5.97 Å². The number of hydrogen-bond donors (Lipinski definition) is 6. The molecule has 15 nitrogen and oxygen atoms in total. The van der Waals surface area contributed by atoms with Gasteiger partial charge in [0.1, 0.15) is 12.0 Å². The average molecular weight is 647 g/mol. The van der Waals surface area contributed by atoms with Crippen LogP contribution in [0.1, 0.15) is 32.6 Å². The van der Waals surface area contributed by atoms with Crippen LogP contribution >= 0.6 is 0 Å². The highest BCUT2D eigenvalue weighted by molar-refractivity contribution is 7.89. The number of ketones is 1. The number of rotatable bonds is 9. The number of nitrogens with two attached hydrogens (primary N) is 1. The van der Waals surface area contributed by atoms with Crippen LogP contribution in [0.5, 0.6) is 0 Å². The van der Waals surface area contributed by atoms with Crippen molar-refractivity contribution in [2.45, 2.75) is 43.5 Å². The van der Waals surface area contributed by atoms with E-state index in [-0.39, 0.29) is 42.8 Å². The normalized spacial score (nSPS) is 19.2. The Balaban J connectivity index is 0.00000130. The van der Waals surface area contributed by atoms with Crippen molar-refractivity contribution in [3.8, 4) is 0 Å². The number of carboxylic acid groups (broad SMARTS) is 2. The van der Waals surface area contributed by atoms with Gasteiger partial charge in [0, 0.05) is 46.1 Å². The molecule has 0 aromatic heterocycles. The van der Waals surface area contributed by atoms with Gasteiger partial charge in [-0.1, -0.05) is 30.3 Å². The molecular weight excluding hydrogens is 608 g/mol. The highest BCUT2D eigenvalue weighted by Gasteiger charge is 2.37. The summed E-state index contributed by atoms with van der Waals surface area (Å²) in [5.74, 6) is -5.49. The van der Waals surface area contributed by atoms with Crippen LogP contribution < -0.4 is 15.8 Å². The Hall–Kier alpha value is -4.57. The molecule has 0 spiro atoms. The van der Waals surface area contributed by atoms with Crippen molar-refractivity contribution in [1.29, 1.82) is 5.41 Å². The first-order valence-corrected chi connectivity index (χ1v) is 15.8. The summed E-state index contributed by atoms with van der Waals surface area (Å²) in [6, 6.07) is 10.2. The van der Waals surface area contributed by atoms with Crippen molar-refractivity contribution >= 4 is 56.3 Å². The third-order valence-corrected chi connectivity index (χ3v) is 8.99. The second kappa shape index (κ2) is 15.4. The largest absolute Gasteiger partial charge is 0.481 e. The number of carboxylic acids is 2. The molecular formula is C29H38N6O9S. The van der Waals surface area contributed by atoms with E-state index in [1.54, 1.807) is 23.1 Å². The number of benzene rings is 2. The number of carbonyl (C=O) groups is 5. The van der Waals surface area contributed by atoms with Crippen molar-refractivity contribution in [1.82, 2.24) is 19.8 Å². The quantitative estimate of drug-likeness (QED) is 0.122. The second-order valence-electron chi connectivity index (χ2n) is 10.9.